The second kappa shape index (κ2) is 3.27. The van der Waals surface area contributed by atoms with Gasteiger partial charge in [0.05, 0.1) is 0 Å². The highest BCUT2D eigenvalue weighted by molar-refractivity contribution is 5.13. The van der Waals surface area contributed by atoms with E-state index >= 15 is 0 Å². The second-order valence-corrected chi connectivity index (χ2v) is 5.68. The van der Waals surface area contributed by atoms with Gasteiger partial charge in [0.1, 0.15) is 0 Å². The van der Waals surface area contributed by atoms with Crippen LogP contribution in [0.4, 0.5) is 0 Å². The van der Waals surface area contributed by atoms with E-state index in [4.69, 9.17) is 0 Å². The molecule has 0 amide bonds. The Kier molecular flexibility index (Phi) is 2.34. The first-order chi connectivity index (χ1) is 6.48. The minimum atomic E-state index is 0.285. The van der Waals surface area contributed by atoms with E-state index in [0.29, 0.717) is 0 Å². The molecule has 1 saturated carbocycles. The van der Waals surface area contributed by atoms with Gasteiger partial charge in [-0.05, 0) is 24.8 Å². The van der Waals surface area contributed by atoms with E-state index in [2.05, 4.69) is 43.9 Å². The average Bonchev–Trinajstić information content (AvgIpc) is 2.76. The van der Waals surface area contributed by atoms with Gasteiger partial charge in [0.2, 0.25) is 0 Å². The van der Waals surface area contributed by atoms with Crippen molar-refractivity contribution in [3.63, 3.8) is 0 Å². The predicted molar refractivity (Wildman–Crippen MR) is 59.6 cm³/mol. The third kappa shape index (κ3) is 1.95. The Morgan fingerprint density at radius 3 is 2.43 bits per heavy atom. The Balaban J connectivity index is 1.96. The molecule has 0 N–H and O–H groups in total. The van der Waals surface area contributed by atoms with Crippen LogP contribution in [0.1, 0.15) is 33.6 Å². The molecule has 80 valence electrons. The van der Waals surface area contributed by atoms with E-state index in [1.807, 2.05) is 0 Å². The molecular formula is C12H22N2. The van der Waals surface area contributed by atoms with Gasteiger partial charge < -0.3 is 5.01 Å². The van der Waals surface area contributed by atoms with E-state index in [1.165, 1.54) is 25.1 Å². The molecular weight excluding hydrogens is 172 g/mol. The zero-order valence-electron chi connectivity index (χ0n) is 9.88. The maximum atomic E-state index is 2.47. The fourth-order valence-corrected chi connectivity index (χ4v) is 2.19. The summed E-state index contributed by atoms with van der Waals surface area (Å²) in [5, 5.41) is 4.83. The molecule has 14 heavy (non-hydrogen) atoms. The Morgan fingerprint density at radius 2 is 2.00 bits per heavy atom. The average molecular weight is 194 g/mol. The Bertz CT molecular complexity index is 246. The van der Waals surface area contributed by atoms with Crippen LogP contribution in [0, 0.1) is 11.3 Å². The van der Waals surface area contributed by atoms with E-state index in [9.17, 15) is 0 Å². The summed E-state index contributed by atoms with van der Waals surface area (Å²) in [5.74, 6) is 0.977. The standard InChI is InChI=1S/C12H22N2/c1-12(2,3)11-7-8-14(13(11)4)9-10-5-6-10/h7,10H,5-6,8-9H2,1-4H3. The van der Waals surface area contributed by atoms with E-state index < -0.39 is 0 Å². The SMILES string of the molecule is CN1C(C(C)(C)C)=CCN1CC1CC1. The van der Waals surface area contributed by atoms with Crippen molar-refractivity contribution in [1.82, 2.24) is 10.0 Å². The van der Waals surface area contributed by atoms with Crippen molar-refractivity contribution in [3.8, 4) is 0 Å². The zero-order valence-corrected chi connectivity index (χ0v) is 9.88. The fraction of sp³-hybridized carbons (Fsp3) is 0.833. The minimum absolute atomic E-state index is 0.285. The van der Waals surface area contributed by atoms with Crippen molar-refractivity contribution >= 4 is 0 Å². The smallest absolute Gasteiger partial charge is 0.0382 e. The van der Waals surface area contributed by atoms with Gasteiger partial charge in [-0.2, -0.15) is 0 Å². The maximum absolute atomic E-state index is 2.47. The van der Waals surface area contributed by atoms with Crippen molar-refractivity contribution in [2.75, 3.05) is 20.1 Å². The summed E-state index contributed by atoms with van der Waals surface area (Å²) in [6.45, 7) is 9.23. The molecule has 0 aromatic carbocycles. The first kappa shape index (κ1) is 10.0. The van der Waals surface area contributed by atoms with Crippen LogP contribution < -0.4 is 0 Å². The lowest BCUT2D eigenvalue weighted by molar-refractivity contribution is 0.0449. The van der Waals surface area contributed by atoms with Crippen LogP contribution in [0.25, 0.3) is 0 Å². The number of rotatable bonds is 2. The number of hydrogen-bond donors (Lipinski definition) is 0. The normalized spacial score (nSPS) is 24.3. The summed E-state index contributed by atoms with van der Waals surface area (Å²) in [4.78, 5) is 0. The van der Waals surface area contributed by atoms with Crippen LogP contribution in [-0.2, 0) is 0 Å². The predicted octanol–water partition coefficient (Wildman–Crippen LogP) is 2.49. The van der Waals surface area contributed by atoms with Crippen LogP contribution in [-0.4, -0.2) is 30.2 Å². The van der Waals surface area contributed by atoms with Gasteiger partial charge in [-0.15, -0.1) is 0 Å². The molecule has 0 atom stereocenters. The first-order valence-electron chi connectivity index (χ1n) is 5.67. The molecule has 2 rings (SSSR count). The van der Waals surface area contributed by atoms with E-state index in [-0.39, 0.29) is 5.41 Å². The first-order valence-corrected chi connectivity index (χ1v) is 5.67. The number of nitrogens with zero attached hydrogens (tertiary/aromatic N) is 2. The van der Waals surface area contributed by atoms with Crippen molar-refractivity contribution < 1.29 is 0 Å². The molecule has 0 radical (unpaired) electrons. The van der Waals surface area contributed by atoms with Crippen LogP contribution >= 0.6 is 0 Å². The molecule has 0 unspecified atom stereocenters. The number of hydrogen-bond acceptors (Lipinski definition) is 2. The lowest BCUT2D eigenvalue weighted by atomic mass is 9.92. The molecule has 1 aliphatic carbocycles. The highest BCUT2D eigenvalue weighted by Gasteiger charge is 2.32. The molecule has 1 fully saturated rings. The van der Waals surface area contributed by atoms with Gasteiger partial charge in [0.25, 0.3) is 0 Å². The van der Waals surface area contributed by atoms with Crippen LogP contribution in [0.3, 0.4) is 0 Å². The largest absolute Gasteiger partial charge is 0.312 e. The lowest BCUT2D eigenvalue weighted by Crippen LogP contribution is -2.38. The van der Waals surface area contributed by atoms with Gasteiger partial charge >= 0.3 is 0 Å². The molecule has 0 aromatic heterocycles. The summed E-state index contributed by atoms with van der Waals surface area (Å²) in [5.41, 5.74) is 1.76. The fourth-order valence-electron chi connectivity index (χ4n) is 2.19. The monoisotopic (exact) mass is 194 g/mol. The Morgan fingerprint density at radius 1 is 1.36 bits per heavy atom. The topological polar surface area (TPSA) is 6.48 Å². The molecule has 2 aliphatic rings. The highest BCUT2D eigenvalue weighted by atomic mass is 15.6. The number of allylic oxidation sites excluding steroid dienone is 1. The maximum Gasteiger partial charge on any atom is 0.0382 e. The molecule has 1 aliphatic heterocycles. The molecule has 0 saturated heterocycles. The van der Waals surface area contributed by atoms with Gasteiger partial charge in [-0.3, -0.25) is 0 Å². The molecule has 0 aromatic rings. The summed E-state index contributed by atoms with van der Waals surface area (Å²) in [6.07, 6.45) is 5.26. The van der Waals surface area contributed by atoms with Crippen molar-refractivity contribution in [3.05, 3.63) is 11.8 Å². The van der Waals surface area contributed by atoms with Crippen molar-refractivity contribution in [2.45, 2.75) is 33.6 Å². The molecule has 0 spiro atoms. The third-order valence-electron chi connectivity index (χ3n) is 3.20. The molecule has 2 nitrogen and oxygen atoms in total. The Labute approximate surface area is 87.5 Å². The van der Waals surface area contributed by atoms with Gasteiger partial charge in [-0.1, -0.05) is 20.8 Å². The molecule has 1 heterocycles. The van der Waals surface area contributed by atoms with E-state index in [1.54, 1.807) is 0 Å². The van der Waals surface area contributed by atoms with Gasteiger partial charge in [0, 0.05) is 31.2 Å². The minimum Gasteiger partial charge on any atom is -0.312 e. The van der Waals surface area contributed by atoms with E-state index in [0.717, 1.165) is 12.5 Å². The Hall–Kier alpha value is -0.500. The second-order valence-electron chi connectivity index (χ2n) is 5.68. The van der Waals surface area contributed by atoms with Crippen LogP contribution in [0.5, 0.6) is 0 Å². The summed E-state index contributed by atoms with van der Waals surface area (Å²) in [6, 6.07) is 0. The lowest BCUT2D eigenvalue weighted by Gasteiger charge is -2.34. The molecule has 0 bridgehead atoms. The van der Waals surface area contributed by atoms with Crippen LogP contribution in [0.15, 0.2) is 11.8 Å². The third-order valence-corrected chi connectivity index (χ3v) is 3.20. The quantitative estimate of drug-likeness (QED) is 0.666. The summed E-state index contributed by atoms with van der Waals surface area (Å²) < 4.78 is 0. The number of hydrazine groups is 1. The zero-order chi connectivity index (χ0) is 10.3. The van der Waals surface area contributed by atoms with Crippen LogP contribution in [0.2, 0.25) is 0 Å². The summed E-state index contributed by atoms with van der Waals surface area (Å²) in [7, 11) is 2.20. The highest BCUT2D eigenvalue weighted by Crippen LogP contribution is 2.35. The van der Waals surface area contributed by atoms with Gasteiger partial charge in [0.15, 0.2) is 0 Å². The summed E-state index contributed by atoms with van der Waals surface area (Å²) >= 11 is 0. The van der Waals surface area contributed by atoms with Gasteiger partial charge in [-0.25, -0.2) is 5.01 Å². The molecule has 2 heteroatoms. The van der Waals surface area contributed by atoms with Crippen molar-refractivity contribution in [2.24, 2.45) is 11.3 Å². The van der Waals surface area contributed by atoms with Crippen molar-refractivity contribution in [1.29, 1.82) is 0 Å².